The minimum absolute atomic E-state index is 0.154. The fourth-order valence-corrected chi connectivity index (χ4v) is 2.90. The Balaban J connectivity index is 1.44. The maximum Gasteiger partial charge on any atom is 0.223 e. The number of nitrogens with zero attached hydrogens (tertiary/aromatic N) is 2. The number of carbonyl (C=O) groups is 1. The summed E-state index contributed by atoms with van der Waals surface area (Å²) in [5.41, 5.74) is 2.39. The van der Waals surface area contributed by atoms with Crippen LogP contribution in [0, 0.1) is 5.92 Å². The van der Waals surface area contributed by atoms with Gasteiger partial charge in [-0.3, -0.25) is 9.48 Å². The second-order valence-electron chi connectivity index (χ2n) is 6.05. The summed E-state index contributed by atoms with van der Waals surface area (Å²) in [5.74, 6) is 0.340. The lowest BCUT2D eigenvalue weighted by molar-refractivity contribution is -0.125. The fraction of sp³-hybridized carbons (Fsp3) is 0.368. The lowest BCUT2D eigenvalue weighted by Gasteiger charge is -2.16. The molecule has 0 saturated heterocycles. The smallest absolute Gasteiger partial charge is 0.223 e. The summed E-state index contributed by atoms with van der Waals surface area (Å²) in [6.07, 6.45) is 11.9. The summed E-state index contributed by atoms with van der Waals surface area (Å²) in [6.45, 7) is 1.46. The minimum atomic E-state index is 0.154. The quantitative estimate of drug-likeness (QED) is 0.834. The molecule has 0 spiro atoms. The Hall–Kier alpha value is -2.36. The van der Waals surface area contributed by atoms with E-state index in [2.05, 4.69) is 40.9 Å². The van der Waals surface area contributed by atoms with Crippen LogP contribution < -0.4 is 5.32 Å². The molecule has 1 atom stereocenters. The Morgan fingerprint density at radius 2 is 2.09 bits per heavy atom. The molecule has 23 heavy (non-hydrogen) atoms. The number of hydrogen-bond acceptors (Lipinski definition) is 2. The number of nitrogens with one attached hydrogen (secondary N) is 1. The van der Waals surface area contributed by atoms with Crippen LogP contribution in [-0.4, -0.2) is 22.2 Å². The molecule has 1 heterocycles. The molecule has 0 radical (unpaired) electrons. The Morgan fingerprint density at radius 1 is 1.22 bits per heavy atom. The number of rotatable bonds is 6. The summed E-state index contributed by atoms with van der Waals surface area (Å²) >= 11 is 0. The highest BCUT2D eigenvalue weighted by atomic mass is 16.1. The highest BCUT2D eigenvalue weighted by Gasteiger charge is 2.17. The highest BCUT2D eigenvalue weighted by molar-refractivity contribution is 5.78. The third-order valence-electron chi connectivity index (χ3n) is 4.23. The molecule has 120 valence electrons. The van der Waals surface area contributed by atoms with Crippen LogP contribution in [0.1, 0.15) is 30.4 Å². The first-order valence-electron chi connectivity index (χ1n) is 8.29. The molecule has 0 unspecified atom stereocenters. The molecule has 0 bridgehead atoms. The minimum Gasteiger partial charge on any atom is -0.356 e. The van der Waals surface area contributed by atoms with Crippen LogP contribution in [0.15, 0.2) is 54.9 Å². The third kappa shape index (κ3) is 4.55. The van der Waals surface area contributed by atoms with Crippen molar-refractivity contribution >= 4 is 5.91 Å². The second-order valence-corrected chi connectivity index (χ2v) is 6.05. The molecule has 0 fully saturated rings. The largest absolute Gasteiger partial charge is 0.356 e. The van der Waals surface area contributed by atoms with Gasteiger partial charge < -0.3 is 5.32 Å². The van der Waals surface area contributed by atoms with Crippen molar-refractivity contribution in [2.24, 2.45) is 5.92 Å². The second kappa shape index (κ2) is 7.77. The van der Waals surface area contributed by atoms with E-state index in [-0.39, 0.29) is 11.8 Å². The molecule has 1 aromatic carbocycles. The zero-order valence-electron chi connectivity index (χ0n) is 13.3. The van der Waals surface area contributed by atoms with Crippen LogP contribution >= 0.6 is 0 Å². The maximum atomic E-state index is 12.1. The van der Waals surface area contributed by atoms with Crippen LogP contribution in [0.3, 0.4) is 0 Å². The number of amides is 1. The van der Waals surface area contributed by atoms with E-state index < -0.39 is 0 Å². The van der Waals surface area contributed by atoms with Gasteiger partial charge in [0, 0.05) is 18.7 Å². The molecule has 1 aliphatic carbocycles. The van der Waals surface area contributed by atoms with Crippen molar-refractivity contribution in [2.45, 2.75) is 32.2 Å². The van der Waals surface area contributed by atoms with Gasteiger partial charge in [-0.05, 0) is 36.8 Å². The average Bonchev–Trinajstić information content (AvgIpc) is 3.04. The van der Waals surface area contributed by atoms with Crippen molar-refractivity contribution in [3.63, 3.8) is 0 Å². The SMILES string of the molecule is O=C(NCCc1cnn(Cc2ccccc2)c1)[C@H]1CC=CCC1. The molecule has 0 aliphatic heterocycles. The van der Waals surface area contributed by atoms with E-state index >= 15 is 0 Å². The Kier molecular flexibility index (Phi) is 5.25. The molecule has 1 amide bonds. The topological polar surface area (TPSA) is 46.9 Å². The van der Waals surface area contributed by atoms with Crippen LogP contribution in [-0.2, 0) is 17.8 Å². The number of allylic oxidation sites excluding steroid dienone is 2. The van der Waals surface area contributed by atoms with E-state index in [1.165, 1.54) is 5.56 Å². The predicted molar refractivity (Wildman–Crippen MR) is 91.0 cm³/mol. The van der Waals surface area contributed by atoms with E-state index in [0.29, 0.717) is 6.54 Å². The van der Waals surface area contributed by atoms with Gasteiger partial charge in [-0.2, -0.15) is 5.10 Å². The molecule has 1 aromatic heterocycles. The number of aromatic nitrogens is 2. The predicted octanol–water partition coefficient (Wildman–Crippen LogP) is 2.95. The zero-order valence-corrected chi connectivity index (χ0v) is 13.3. The van der Waals surface area contributed by atoms with Gasteiger partial charge in [-0.25, -0.2) is 0 Å². The lowest BCUT2D eigenvalue weighted by Crippen LogP contribution is -2.32. The molecule has 0 saturated carbocycles. The van der Waals surface area contributed by atoms with Crippen molar-refractivity contribution in [1.82, 2.24) is 15.1 Å². The van der Waals surface area contributed by atoms with E-state index in [1.54, 1.807) is 0 Å². The fourth-order valence-electron chi connectivity index (χ4n) is 2.90. The maximum absolute atomic E-state index is 12.1. The summed E-state index contributed by atoms with van der Waals surface area (Å²) in [7, 11) is 0. The monoisotopic (exact) mass is 309 g/mol. The summed E-state index contributed by atoms with van der Waals surface area (Å²) in [4.78, 5) is 12.1. The van der Waals surface area contributed by atoms with Gasteiger partial charge in [0.25, 0.3) is 0 Å². The summed E-state index contributed by atoms with van der Waals surface area (Å²) in [6, 6.07) is 10.3. The zero-order chi connectivity index (χ0) is 15.9. The molecule has 2 aromatic rings. The van der Waals surface area contributed by atoms with Crippen molar-refractivity contribution in [2.75, 3.05) is 6.54 Å². The first kappa shape index (κ1) is 15.5. The van der Waals surface area contributed by atoms with E-state index in [1.807, 2.05) is 29.1 Å². The molecule has 1 aliphatic rings. The van der Waals surface area contributed by atoms with E-state index in [4.69, 9.17) is 0 Å². The first-order valence-corrected chi connectivity index (χ1v) is 8.29. The molecule has 3 rings (SSSR count). The van der Waals surface area contributed by atoms with E-state index in [9.17, 15) is 4.79 Å². The molecule has 1 N–H and O–H groups in total. The van der Waals surface area contributed by atoms with Crippen LogP contribution in [0.25, 0.3) is 0 Å². The van der Waals surface area contributed by atoms with Gasteiger partial charge in [0.15, 0.2) is 0 Å². The van der Waals surface area contributed by atoms with Crippen molar-refractivity contribution in [3.8, 4) is 0 Å². The Bertz CT molecular complexity index is 660. The molecular weight excluding hydrogens is 286 g/mol. The van der Waals surface area contributed by atoms with Crippen molar-refractivity contribution in [1.29, 1.82) is 0 Å². The average molecular weight is 309 g/mol. The van der Waals surface area contributed by atoms with Crippen LogP contribution in [0.5, 0.6) is 0 Å². The third-order valence-corrected chi connectivity index (χ3v) is 4.23. The Labute approximate surface area is 137 Å². The number of carbonyl (C=O) groups excluding carboxylic acids is 1. The summed E-state index contributed by atoms with van der Waals surface area (Å²) < 4.78 is 1.94. The number of hydrogen-bond donors (Lipinski definition) is 1. The van der Waals surface area contributed by atoms with Crippen LogP contribution in [0.4, 0.5) is 0 Å². The van der Waals surface area contributed by atoms with Gasteiger partial charge in [-0.1, -0.05) is 42.5 Å². The van der Waals surface area contributed by atoms with Gasteiger partial charge in [0.05, 0.1) is 12.7 Å². The van der Waals surface area contributed by atoms with Gasteiger partial charge >= 0.3 is 0 Å². The van der Waals surface area contributed by atoms with Gasteiger partial charge in [0.2, 0.25) is 5.91 Å². The normalized spacial score (nSPS) is 17.1. The molecule has 4 nitrogen and oxygen atoms in total. The molecule has 4 heteroatoms. The highest BCUT2D eigenvalue weighted by Crippen LogP contribution is 2.17. The first-order chi connectivity index (χ1) is 11.3. The number of benzene rings is 1. The molecular formula is C19H23N3O. The van der Waals surface area contributed by atoms with Crippen LogP contribution in [0.2, 0.25) is 0 Å². The van der Waals surface area contributed by atoms with Gasteiger partial charge in [-0.15, -0.1) is 0 Å². The van der Waals surface area contributed by atoms with E-state index in [0.717, 1.165) is 37.8 Å². The Morgan fingerprint density at radius 3 is 2.87 bits per heavy atom. The summed E-state index contributed by atoms with van der Waals surface area (Å²) in [5, 5.41) is 7.44. The van der Waals surface area contributed by atoms with Crippen molar-refractivity contribution in [3.05, 3.63) is 66.0 Å². The van der Waals surface area contributed by atoms with Gasteiger partial charge in [0.1, 0.15) is 0 Å². The van der Waals surface area contributed by atoms with Crippen molar-refractivity contribution < 1.29 is 4.79 Å². The lowest BCUT2D eigenvalue weighted by atomic mass is 9.94. The standard InChI is InChI=1S/C19H23N3O/c23-19(18-9-5-2-6-10-18)20-12-11-17-13-21-22(15-17)14-16-7-3-1-4-8-16/h1-5,7-8,13,15,18H,6,9-12,14H2,(H,20,23)/t18-/m0/s1.